The molecule has 1 fully saturated rings. The van der Waals surface area contributed by atoms with Crippen LogP contribution in [0.5, 0.6) is 5.75 Å². The first-order valence-electron chi connectivity index (χ1n) is 10.0. The molecule has 1 aromatic carbocycles. The number of carbonyl (C=O) groups excluding carboxylic acids is 1. The highest BCUT2D eigenvalue weighted by Gasteiger charge is 2.17. The number of aromatic amines is 1. The summed E-state index contributed by atoms with van der Waals surface area (Å²) in [5, 5.41) is 2.80. The fraction of sp³-hybridized carbons (Fsp3) is 0.318. The average Bonchev–Trinajstić information content (AvgIpc) is 2.79. The Kier molecular flexibility index (Phi) is 5.94. The average molecular weight is 408 g/mol. The van der Waals surface area contributed by atoms with Gasteiger partial charge >= 0.3 is 0 Å². The van der Waals surface area contributed by atoms with Crippen molar-refractivity contribution >= 4 is 22.8 Å². The molecule has 2 aromatic heterocycles. The summed E-state index contributed by atoms with van der Waals surface area (Å²) in [4.78, 5) is 35.2. The molecule has 3 heterocycles. The molecular formula is C22H24N4O4. The van der Waals surface area contributed by atoms with Gasteiger partial charge in [-0.25, -0.2) is 4.98 Å². The number of H-pyrrole nitrogens is 1. The van der Waals surface area contributed by atoms with E-state index in [9.17, 15) is 9.59 Å². The zero-order valence-corrected chi connectivity index (χ0v) is 16.8. The molecular weight excluding hydrogens is 384 g/mol. The maximum atomic E-state index is 12.9. The van der Waals surface area contributed by atoms with Crippen LogP contribution < -0.4 is 20.4 Å². The van der Waals surface area contributed by atoms with E-state index < -0.39 is 5.91 Å². The number of fused-ring (bicyclic) bond motifs is 1. The van der Waals surface area contributed by atoms with Crippen molar-refractivity contribution in [1.29, 1.82) is 0 Å². The van der Waals surface area contributed by atoms with Crippen LogP contribution in [0.3, 0.4) is 0 Å². The molecule has 3 aromatic rings. The van der Waals surface area contributed by atoms with Crippen molar-refractivity contribution in [3.63, 3.8) is 0 Å². The minimum Gasteiger partial charge on any atom is -0.494 e. The third-order valence-corrected chi connectivity index (χ3v) is 4.98. The second kappa shape index (κ2) is 8.96. The summed E-state index contributed by atoms with van der Waals surface area (Å²) < 4.78 is 10.8. The molecule has 1 saturated heterocycles. The Morgan fingerprint density at radius 1 is 1.20 bits per heavy atom. The lowest BCUT2D eigenvalue weighted by Gasteiger charge is -2.27. The Bertz CT molecular complexity index is 1090. The van der Waals surface area contributed by atoms with Crippen molar-refractivity contribution < 1.29 is 14.3 Å². The highest BCUT2D eigenvalue weighted by atomic mass is 16.5. The Morgan fingerprint density at radius 2 is 1.97 bits per heavy atom. The maximum absolute atomic E-state index is 12.9. The first kappa shape index (κ1) is 19.9. The van der Waals surface area contributed by atoms with E-state index in [1.54, 1.807) is 0 Å². The molecule has 30 heavy (non-hydrogen) atoms. The Balaban J connectivity index is 1.51. The molecule has 0 unspecified atom stereocenters. The van der Waals surface area contributed by atoms with Gasteiger partial charge in [0.2, 0.25) is 5.43 Å². The SMILES string of the molecule is CCOc1ccc(CNC(=O)c2c[nH]c3ccc(N4CCOCC4)nc3c2=O)cc1. The minimum absolute atomic E-state index is 0.0417. The predicted octanol–water partition coefficient (Wildman–Crippen LogP) is 2.09. The number of carbonyl (C=O) groups is 1. The molecule has 0 bridgehead atoms. The quantitative estimate of drug-likeness (QED) is 0.648. The van der Waals surface area contributed by atoms with Gasteiger partial charge < -0.3 is 24.7 Å². The molecule has 2 N–H and O–H groups in total. The lowest BCUT2D eigenvalue weighted by Crippen LogP contribution is -2.37. The number of amides is 1. The highest BCUT2D eigenvalue weighted by Crippen LogP contribution is 2.16. The van der Waals surface area contributed by atoms with Crippen molar-refractivity contribution in [2.24, 2.45) is 0 Å². The van der Waals surface area contributed by atoms with Crippen LogP contribution in [-0.4, -0.2) is 48.8 Å². The van der Waals surface area contributed by atoms with Gasteiger partial charge in [-0.1, -0.05) is 12.1 Å². The number of hydrogen-bond acceptors (Lipinski definition) is 6. The highest BCUT2D eigenvalue weighted by molar-refractivity contribution is 5.96. The van der Waals surface area contributed by atoms with Crippen molar-refractivity contribution in [1.82, 2.24) is 15.3 Å². The molecule has 8 nitrogen and oxygen atoms in total. The normalized spacial score (nSPS) is 14.0. The largest absolute Gasteiger partial charge is 0.494 e. The van der Waals surface area contributed by atoms with Crippen LogP contribution in [0, 0.1) is 0 Å². The molecule has 1 amide bonds. The number of rotatable bonds is 6. The van der Waals surface area contributed by atoms with Crippen LogP contribution in [0.25, 0.3) is 11.0 Å². The zero-order valence-electron chi connectivity index (χ0n) is 16.8. The van der Waals surface area contributed by atoms with Gasteiger partial charge in [-0.05, 0) is 36.8 Å². The Labute approximate surface area is 173 Å². The third kappa shape index (κ3) is 4.28. The Hall–Kier alpha value is -3.39. The molecule has 156 valence electrons. The summed E-state index contributed by atoms with van der Waals surface area (Å²) in [5.74, 6) is 1.05. The van der Waals surface area contributed by atoms with Gasteiger partial charge in [0.15, 0.2) is 0 Å². The van der Waals surface area contributed by atoms with Gasteiger partial charge in [0, 0.05) is 25.8 Å². The van der Waals surface area contributed by atoms with Crippen molar-refractivity contribution in [2.45, 2.75) is 13.5 Å². The number of aromatic nitrogens is 2. The smallest absolute Gasteiger partial charge is 0.257 e. The molecule has 8 heteroatoms. The number of nitrogens with one attached hydrogen (secondary N) is 2. The monoisotopic (exact) mass is 408 g/mol. The van der Waals surface area contributed by atoms with E-state index in [0.29, 0.717) is 37.7 Å². The van der Waals surface area contributed by atoms with E-state index in [-0.39, 0.29) is 16.5 Å². The summed E-state index contributed by atoms with van der Waals surface area (Å²) >= 11 is 0. The summed E-state index contributed by atoms with van der Waals surface area (Å²) in [7, 11) is 0. The molecule has 4 rings (SSSR count). The third-order valence-electron chi connectivity index (χ3n) is 4.98. The molecule has 0 saturated carbocycles. The molecule has 0 spiro atoms. The van der Waals surface area contributed by atoms with E-state index in [0.717, 1.165) is 24.4 Å². The van der Waals surface area contributed by atoms with Crippen molar-refractivity contribution in [3.05, 3.63) is 63.9 Å². The van der Waals surface area contributed by atoms with Gasteiger partial charge in [-0.3, -0.25) is 9.59 Å². The number of nitrogens with zero attached hydrogens (tertiary/aromatic N) is 2. The van der Waals surface area contributed by atoms with E-state index in [1.807, 2.05) is 43.3 Å². The van der Waals surface area contributed by atoms with E-state index in [1.165, 1.54) is 6.20 Å². The van der Waals surface area contributed by atoms with Gasteiger partial charge in [-0.15, -0.1) is 0 Å². The summed E-state index contributed by atoms with van der Waals surface area (Å²) in [6.07, 6.45) is 1.44. The Morgan fingerprint density at radius 3 is 2.70 bits per heavy atom. The standard InChI is InChI=1S/C22H24N4O4/c1-2-30-16-5-3-15(4-6-16)13-24-22(28)17-14-23-18-7-8-19(25-20(18)21(17)27)26-9-11-29-12-10-26/h3-8,14H,2,9-13H2,1H3,(H,23,27)(H,24,28). The van der Waals surface area contributed by atoms with Gasteiger partial charge in [-0.2, -0.15) is 0 Å². The fourth-order valence-corrected chi connectivity index (χ4v) is 3.37. The fourth-order valence-electron chi connectivity index (χ4n) is 3.37. The van der Waals surface area contributed by atoms with Crippen LogP contribution in [0.4, 0.5) is 5.82 Å². The lowest BCUT2D eigenvalue weighted by atomic mass is 10.2. The number of pyridine rings is 2. The van der Waals surface area contributed by atoms with Crippen molar-refractivity contribution in [3.8, 4) is 5.75 Å². The number of anilines is 1. The maximum Gasteiger partial charge on any atom is 0.257 e. The number of benzene rings is 1. The molecule has 0 atom stereocenters. The molecule has 1 aliphatic rings. The number of ether oxygens (including phenoxy) is 2. The topological polar surface area (TPSA) is 96.6 Å². The summed E-state index contributed by atoms with van der Waals surface area (Å²) in [6, 6.07) is 11.2. The summed E-state index contributed by atoms with van der Waals surface area (Å²) in [5.41, 5.74) is 1.42. The summed E-state index contributed by atoms with van der Waals surface area (Å²) in [6.45, 7) is 5.53. The van der Waals surface area contributed by atoms with Crippen molar-refractivity contribution in [2.75, 3.05) is 37.8 Å². The van der Waals surface area contributed by atoms with Crippen LogP contribution in [0.15, 0.2) is 47.4 Å². The first-order valence-corrected chi connectivity index (χ1v) is 10.0. The molecule has 0 aliphatic carbocycles. The van der Waals surface area contributed by atoms with Gasteiger partial charge in [0.05, 0.1) is 25.3 Å². The second-order valence-corrected chi connectivity index (χ2v) is 6.96. The lowest BCUT2D eigenvalue weighted by molar-refractivity contribution is 0.0949. The number of hydrogen-bond donors (Lipinski definition) is 2. The van der Waals surface area contributed by atoms with Gasteiger partial charge in [0.1, 0.15) is 22.6 Å². The first-order chi connectivity index (χ1) is 14.7. The minimum atomic E-state index is -0.439. The van der Waals surface area contributed by atoms with E-state index >= 15 is 0 Å². The van der Waals surface area contributed by atoms with Crippen LogP contribution in [0.1, 0.15) is 22.8 Å². The second-order valence-electron chi connectivity index (χ2n) is 6.96. The zero-order chi connectivity index (χ0) is 20.9. The number of morpholine rings is 1. The van der Waals surface area contributed by atoms with E-state index in [2.05, 4.69) is 20.2 Å². The molecule has 1 aliphatic heterocycles. The van der Waals surface area contributed by atoms with Crippen LogP contribution in [0.2, 0.25) is 0 Å². The van der Waals surface area contributed by atoms with Crippen LogP contribution >= 0.6 is 0 Å². The van der Waals surface area contributed by atoms with Crippen LogP contribution in [-0.2, 0) is 11.3 Å². The predicted molar refractivity (Wildman–Crippen MR) is 114 cm³/mol. The van der Waals surface area contributed by atoms with Gasteiger partial charge in [0.25, 0.3) is 5.91 Å². The molecule has 0 radical (unpaired) electrons. The van der Waals surface area contributed by atoms with E-state index in [4.69, 9.17) is 9.47 Å².